The van der Waals surface area contributed by atoms with Gasteiger partial charge < -0.3 is 10.5 Å². The lowest BCUT2D eigenvalue weighted by Crippen LogP contribution is -2.13. The molecule has 0 saturated heterocycles. The van der Waals surface area contributed by atoms with Crippen molar-refractivity contribution in [1.82, 2.24) is 4.98 Å². The van der Waals surface area contributed by atoms with E-state index in [0.29, 0.717) is 11.4 Å². The highest BCUT2D eigenvalue weighted by molar-refractivity contribution is 6.31. The van der Waals surface area contributed by atoms with Gasteiger partial charge in [-0.25, -0.2) is 0 Å². The third kappa shape index (κ3) is 3.00. The van der Waals surface area contributed by atoms with Gasteiger partial charge in [-0.15, -0.1) is 0 Å². The highest BCUT2D eigenvalue weighted by atomic mass is 35.5. The molecule has 1 aromatic carbocycles. The van der Waals surface area contributed by atoms with Gasteiger partial charge in [0.1, 0.15) is 5.75 Å². The van der Waals surface area contributed by atoms with E-state index in [1.54, 1.807) is 19.5 Å². The summed E-state index contributed by atoms with van der Waals surface area (Å²) in [7, 11) is 1.64. The zero-order valence-electron chi connectivity index (χ0n) is 10.1. The number of pyridine rings is 1. The van der Waals surface area contributed by atoms with Gasteiger partial charge in [0, 0.05) is 18.4 Å². The molecule has 0 aliphatic rings. The van der Waals surface area contributed by atoms with Gasteiger partial charge >= 0.3 is 0 Å². The molecule has 94 valence electrons. The molecule has 18 heavy (non-hydrogen) atoms. The van der Waals surface area contributed by atoms with Gasteiger partial charge in [0.15, 0.2) is 0 Å². The minimum atomic E-state index is -0.111. The van der Waals surface area contributed by atoms with Crippen LogP contribution in [0, 0.1) is 0 Å². The molecule has 0 saturated carbocycles. The van der Waals surface area contributed by atoms with Crippen LogP contribution in [-0.2, 0) is 6.42 Å². The maximum atomic E-state index is 6.18. The van der Waals surface area contributed by atoms with Crippen molar-refractivity contribution in [3.05, 3.63) is 58.9 Å². The quantitative estimate of drug-likeness (QED) is 0.922. The first kappa shape index (κ1) is 12.9. The Hall–Kier alpha value is -1.58. The van der Waals surface area contributed by atoms with Crippen molar-refractivity contribution in [2.24, 2.45) is 5.73 Å². The van der Waals surface area contributed by atoms with E-state index in [0.717, 1.165) is 16.9 Å². The summed E-state index contributed by atoms with van der Waals surface area (Å²) < 4.78 is 5.19. The molecule has 2 N–H and O–H groups in total. The second kappa shape index (κ2) is 5.85. The van der Waals surface area contributed by atoms with Gasteiger partial charge in [-0.2, -0.15) is 0 Å². The van der Waals surface area contributed by atoms with Gasteiger partial charge in [-0.1, -0.05) is 23.7 Å². The summed E-state index contributed by atoms with van der Waals surface area (Å²) in [5.74, 6) is 0.809. The van der Waals surface area contributed by atoms with E-state index >= 15 is 0 Å². The number of rotatable bonds is 4. The minimum absolute atomic E-state index is 0.111. The highest BCUT2D eigenvalue weighted by Crippen LogP contribution is 2.23. The Labute approximate surface area is 112 Å². The molecule has 0 bridgehead atoms. The number of hydrogen-bond donors (Lipinski definition) is 1. The first-order valence-corrected chi connectivity index (χ1v) is 6.06. The Morgan fingerprint density at radius 3 is 2.94 bits per heavy atom. The first-order valence-electron chi connectivity index (χ1n) is 5.68. The molecule has 1 aromatic heterocycles. The number of benzene rings is 1. The van der Waals surface area contributed by atoms with Crippen molar-refractivity contribution in [2.45, 2.75) is 12.5 Å². The zero-order chi connectivity index (χ0) is 13.0. The highest BCUT2D eigenvalue weighted by Gasteiger charge is 2.10. The molecule has 1 heterocycles. The lowest BCUT2D eigenvalue weighted by molar-refractivity contribution is 0.414. The van der Waals surface area contributed by atoms with Crippen LogP contribution in [0.1, 0.15) is 17.2 Å². The fourth-order valence-corrected chi connectivity index (χ4v) is 1.99. The smallest absolute Gasteiger partial charge is 0.119 e. The average Bonchev–Trinajstić information content (AvgIpc) is 2.41. The summed E-state index contributed by atoms with van der Waals surface area (Å²) >= 11 is 6.07. The zero-order valence-corrected chi connectivity index (χ0v) is 10.9. The van der Waals surface area contributed by atoms with Gasteiger partial charge in [-0.05, 0) is 35.7 Å². The number of methoxy groups -OCH3 is 1. The molecule has 1 atom stereocenters. The predicted octanol–water partition coefficient (Wildman–Crippen LogP) is 2.99. The maximum Gasteiger partial charge on any atom is 0.119 e. The van der Waals surface area contributed by atoms with E-state index in [1.807, 2.05) is 30.3 Å². The van der Waals surface area contributed by atoms with Crippen LogP contribution in [-0.4, -0.2) is 12.1 Å². The van der Waals surface area contributed by atoms with E-state index in [-0.39, 0.29) is 6.04 Å². The number of hydrogen-bond acceptors (Lipinski definition) is 3. The van der Waals surface area contributed by atoms with Crippen molar-refractivity contribution in [3.8, 4) is 5.75 Å². The molecule has 0 aliphatic carbocycles. The van der Waals surface area contributed by atoms with E-state index in [4.69, 9.17) is 22.1 Å². The largest absolute Gasteiger partial charge is 0.497 e. The first-order chi connectivity index (χ1) is 8.70. The van der Waals surface area contributed by atoms with Crippen LogP contribution >= 0.6 is 11.6 Å². The lowest BCUT2D eigenvalue weighted by atomic mass is 10.0. The van der Waals surface area contributed by atoms with Crippen molar-refractivity contribution in [1.29, 1.82) is 0 Å². The molecule has 0 aliphatic heterocycles. The fraction of sp³-hybridized carbons (Fsp3) is 0.214. The summed E-state index contributed by atoms with van der Waals surface area (Å²) in [5.41, 5.74) is 8.22. The van der Waals surface area contributed by atoms with Crippen LogP contribution in [0.25, 0.3) is 0 Å². The monoisotopic (exact) mass is 262 g/mol. The number of nitrogens with two attached hydrogens (primary N) is 1. The molecule has 0 radical (unpaired) electrons. The van der Waals surface area contributed by atoms with Gasteiger partial charge in [0.25, 0.3) is 0 Å². The van der Waals surface area contributed by atoms with Gasteiger partial charge in [0.05, 0.1) is 12.1 Å². The third-order valence-corrected chi connectivity index (χ3v) is 3.16. The van der Waals surface area contributed by atoms with Crippen LogP contribution in [0.5, 0.6) is 5.75 Å². The minimum Gasteiger partial charge on any atom is -0.497 e. The molecule has 3 nitrogen and oxygen atoms in total. The normalized spacial score (nSPS) is 12.2. The van der Waals surface area contributed by atoms with Crippen LogP contribution in [0.2, 0.25) is 5.02 Å². The van der Waals surface area contributed by atoms with Gasteiger partial charge in [-0.3, -0.25) is 4.98 Å². The average molecular weight is 263 g/mol. The molecule has 4 heteroatoms. The van der Waals surface area contributed by atoms with Crippen molar-refractivity contribution in [2.75, 3.05) is 7.11 Å². The molecular formula is C14H15ClN2O. The van der Waals surface area contributed by atoms with E-state index in [2.05, 4.69) is 4.98 Å². The summed E-state index contributed by atoms with van der Waals surface area (Å²) in [6.07, 6.45) is 4.03. The van der Waals surface area contributed by atoms with Crippen LogP contribution in [0.15, 0.2) is 42.7 Å². The predicted molar refractivity (Wildman–Crippen MR) is 72.9 cm³/mol. The molecule has 0 fully saturated rings. The van der Waals surface area contributed by atoms with Crippen LogP contribution < -0.4 is 10.5 Å². The standard InChI is InChI=1S/C14H15ClN2O/c1-18-12-4-2-3-11(7-12)14(16)8-10-5-6-17-9-13(10)15/h2-7,9,14H,8,16H2,1H3. The Bertz CT molecular complexity index is 531. The molecule has 2 aromatic rings. The number of ether oxygens (including phenoxy) is 1. The molecule has 0 spiro atoms. The Balaban J connectivity index is 2.16. The second-order valence-electron chi connectivity index (χ2n) is 4.05. The number of nitrogens with zero attached hydrogens (tertiary/aromatic N) is 1. The van der Waals surface area contributed by atoms with Gasteiger partial charge in [0.2, 0.25) is 0 Å². The SMILES string of the molecule is COc1cccc(C(N)Cc2ccncc2Cl)c1. The summed E-state index contributed by atoms with van der Waals surface area (Å²) in [6.45, 7) is 0. The summed E-state index contributed by atoms with van der Waals surface area (Å²) in [4.78, 5) is 3.96. The summed E-state index contributed by atoms with van der Waals surface area (Å²) in [5, 5.41) is 0.649. The molecule has 1 unspecified atom stereocenters. The lowest BCUT2D eigenvalue weighted by Gasteiger charge is -2.13. The molecular weight excluding hydrogens is 248 g/mol. The Morgan fingerprint density at radius 1 is 1.39 bits per heavy atom. The Kier molecular flexibility index (Phi) is 4.18. The topological polar surface area (TPSA) is 48.1 Å². The molecule has 2 rings (SSSR count). The number of aromatic nitrogens is 1. The number of halogens is 1. The van der Waals surface area contributed by atoms with Crippen LogP contribution in [0.4, 0.5) is 0 Å². The van der Waals surface area contributed by atoms with E-state index in [9.17, 15) is 0 Å². The second-order valence-corrected chi connectivity index (χ2v) is 4.46. The van der Waals surface area contributed by atoms with Crippen molar-refractivity contribution in [3.63, 3.8) is 0 Å². The third-order valence-electron chi connectivity index (χ3n) is 2.82. The van der Waals surface area contributed by atoms with E-state index < -0.39 is 0 Å². The Morgan fingerprint density at radius 2 is 2.22 bits per heavy atom. The maximum absolute atomic E-state index is 6.18. The molecule has 0 amide bonds. The van der Waals surface area contributed by atoms with Crippen molar-refractivity contribution < 1.29 is 4.74 Å². The summed E-state index contributed by atoms with van der Waals surface area (Å²) in [6, 6.07) is 9.54. The van der Waals surface area contributed by atoms with Crippen LogP contribution in [0.3, 0.4) is 0 Å². The fourth-order valence-electron chi connectivity index (χ4n) is 1.80. The van der Waals surface area contributed by atoms with E-state index in [1.165, 1.54) is 0 Å². The van der Waals surface area contributed by atoms with Crippen molar-refractivity contribution >= 4 is 11.6 Å².